The van der Waals surface area contributed by atoms with Gasteiger partial charge in [-0.25, -0.2) is 4.98 Å². The summed E-state index contributed by atoms with van der Waals surface area (Å²) in [7, 11) is 1.57. The maximum absolute atomic E-state index is 5.60. The fourth-order valence-electron chi connectivity index (χ4n) is 1.82. The summed E-state index contributed by atoms with van der Waals surface area (Å²) < 4.78 is 5.20. The maximum Gasteiger partial charge on any atom is 0.237 e. The van der Waals surface area contributed by atoms with Crippen LogP contribution in [0.1, 0.15) is 17.3 Å². The molecule has 2 aromatic rings. The predicted octanol–water partition coefficient (Wildman–Crippen LogP) is 1.23. The third kappa shape index (κ3) is 2.82. The van der Waals surface area contributed by atoms with Gasteiger partial charge in [0.05, 0.1) is 13.2 Å². The number of nitrogens with zero attached hydrogens (tertiary/aromatic N) is 2. The van der Waals surface area contributed by atoms with Crippen molar-refractivity contribution < 1.29 is 4.74 Å². The van der Waals surface area contributed by atoms with E-state index in [-0.39, 0.29) is 6.04 Å². The molecule has 0 amide bonds. The molecular formula is C13H16N4O. The van der Waals surface area contributed by atoms with Crippen LogP contribution in [-0.2, 0) is 6.42 Å². The van der Waals surface area contributed by atoms with E-state index in [1.165, 1.54) is 5.56 Å². The zero-order valence-electron chi connectivity index (χ0n) is 10.2. The Kier molecular flexibility index (Phi) is 4.22. The summed E-state index contributed by atoms with van der Waals surface area (Å²) in [6, 6.07) is 9.95. The minimum atomic E-state index is -0.129. The predicted molar refractivity (Wildman–Crippen MR) is 68.8 cm³/mol. The van der Waals surface area contributed by atoms with Crippen molar-refractivity contribution in [2.45, 2.75) is 12.5 Å². The smallest absolute Gasteiger partial charge is 0.237 e. The van der Waals surface area contributed by atoms with Crippen molar-refractivity contribution in [2.24, 2.45) is 5.84 Å². The number of hydrogen-bond donors (Lipinski definition) is 2. The molecule has 1 aromatic heterocycles. The lowest BCUT2D eigenvalue weighted by molar-refractivity contribution is 0.377. The topological polar surface area (TPSA) is 73.1 Å². The molecule has 0 radical (unpaired) electrons. The van der Waals surface area contributed by atoms with Crippen LogP contribution in [0.25, 0.3) is 0 Å². The molecule has 1 aromatic carbocycles. The molecule has 18 heavy (non-hydrogen) atoms. The van der Waals surface area contributed by atoms with Gasteiger partial charge in [0.15, 0.2) is 0 Å². The summed E-state index contributed by atoms with van der Waals surface area (Å²) in [6.45, 7) is 0. The van der Waals surface area contributed by atoms with Crippen molar-refractivity contribution >= 4 is 0 Å². The Balaban J connectivity index is 2.23. The molecule has 0 bridgehead atoms. The van der Waals surface area contributed by atoms with Crippen LogP contribution in [0.2, 0.25) is 0 Å². The number of nitrogens with one attached hydrogen (secondary N) is 1. The lowest BCUT2D eigenvalue weighted by Gasteiger charge is -2.16. The third-order valence-corrected chi connectivity index (χ3v) is 2.70. The maximum atomic E-state index is 5.60. The molecule has 0 saturated heterocycles. The molecule has 1 heterocycles. The quantitative estimate of drug-likeness (QED) is 0.611. The highest BCUT2D eigenvalue weighted by Gasteiger charge is 2.17. The van der Waals surface area contributed by atoms with Crippen LogP contribution in [0.15, 0.2) is 42.7 Å². The molecule has 0 aliphatic carbocycles. The van der Waals surface area contributed by atoms with Crippen LogP contribution < -0.4 is 16.0 Å². The Hall–Kier alpha value is -1.98. The van der Waals surface area contributed by atoms with Crippen molar-refractivity contribution in [3.8, 4) is 5.88 Å². The first kappa shape index (κ1) is 12.5. The molecule has 0 aliphatic heterocycles. The number of methoxy groups -OCH3 is 1. The van der Waals surface area contributed by atoms with Gasteiger partial charge in [-0.3, -0.25) is 16.3 Å². The Bertz CT molecular complexity index is 489. The Morgan fingerprint density at radius 2 is 1.94 bits per heavy atom. The SMILES string of the molecule is COc1nccnc1C(Cc1ccccc1)NN. The molecule has 5 heteroatoms. The Morgan fingerprint density at radius 1 is 1.22 bits per heavy atom. The first-order valence-electron chi connectivity index (χ1n) is 5.70. The average Bonchev–Trinajstić information content (AvgIpc) is 2.46. The Morgan fingerprint density at radius 3 is 2.61 bits per heavy atom. The van der Waals surface area contributed by atoms with E-state index in [1.54, 1.807) is 19.5 Å². The van der Waals surface area contributed by atoms with Crippen LogP contribution in [0.3, 0.4) is 0 Å². The van der Waals surface area contributed by atoms with Gasteiger partial charge in [-0.1, -0.05) is 30.3 Å². The van der Waals surface area contributed by atoms with Crippen molar-refractivity contribution in [3.63, 3.8) is 0 Å². The van der Waals surface area contributed by atoms with Gasteiger partial charge in [0.25, 0.3) is 0 Å². The number of ether oxygens (including phenoxy) is 1. The molecule has 5 nitrogen and oxygen atoms in total. The summed E-state index contributed by atoms with van der Waals surface area (Å²) in [4.78, 5) is 8.41. The molecule has 0 spiro atoms. The molecule has 0 aliphatic rings. The van der Waals surface area contributed by atoms with Crippen LogP contribution in [0.5, 0.6) is 5.88 Å². The van der Waals surface area contributed by atoms with E-state index in [4.69, 9.17) is 10.6 Å². The zero-order chi connectivity index (χ0) is 12.8. The standard InChI is InChI=1S/C13H16N4O/c1-18-13-12(15-7-8-16-13)11(17-14)9-10-5-3-2-4-6-10/h2-8,11,17H,9,14H2,1H3. The number of benzene rings is 1. The van der Waals surface area contributed by atoms with Crippen LogP contribution in [-0.4, -0.2) is 17.1 Å². The number of rotatable bonds is 5. The summed E-state index contributed by atoms with van der Waals surface area (Å²) in [5, 5.41) is 0. The largest absolute Gasteiger partial charge is 0.480 e. The first-order valence-corrected chi connectivity index (χ1v) is 5.70. The van der Waals surface area contributed by atoms with Crippen LogP contribution in [0, 0.1) is 0 Å². The lowest BCUT2D eigenvalue weighted by atomic mass is 10.0. The molecule has 1 atom stereocenters. The molecule has 0 fully saturated rings. The van der Waals surface area contributed by atoms with E-state index in [0.29, 0.717) is 11.6 Å². The van der Waals surface area contributed by atoms with E-state index >= 15 is 0 Å². The minimum absolute atomic E-state index is 0.129. The minimum Gasteiger partial charge on any atom is -0.480 e. The van der Waals surface area contributed by atoms with E-state index in [1.807, 2.05) is 30.3 Å². The van der Waals surface area contributed by atoms with Crippen LogP contribution in [0.4, 0.5) is 0 Å². The van der Waals surface area contributed by atoms with Gasteiger partial charge >= 0.3 is 0 Å². The van der Waals surface area contributed by atoms with E-state index in [0.717, 1.165) is 6.42 Å². The molecule has 1 unspecified atom stereocenters. The van der Waals surface area contributed by atoms with Crippen molar-refractivity contribution in [1.82, 2.24) is 15.4 Å². The van der Waals surface area contributed by atoms with Crippen LogP contribution >= 0.6 is 0 Å². The molecule has 0 saturated carbocycles. The van der Waals surface area contributed by atoms with Crippen molar-refractivity contribution in [2.75, 3.05) is 7.11 Å². The highest BCUT2D eigenvalue weighted by atomic mass is 16.5. The number of hydrazine groups is 1. The number of hydrogen-bond acceptors (Lipinski definition) is 5. The van der Waals surface area contributed by atoms with Gasteiger partial charge in [-0.05, 0) is 12.0 Å². The lowest BCUT2D eigenvalue weighted by Crippen LogP contribution is -2.30. The van der Waals surface area contributed by atoms with Gasteiger partial charge < -0.3 is 4.74 Å². The second-order valence-electron chi connectivity index (χ2n) is 3.86. The summed E-state index contributed by atoms with van der Waals surface area (Å²) in [5.41, 5.74) is 4.65. The van der Waals surface area contributed by atoms with E-state index < -0.39 is 0 Å². The van der Waals surface area contributed by atoms with Crippen molar-refractivity contribution in [1.29, 1.82) is 0 Å². The fourth-order valence-corrected chi connectivity index (χ4v) is 1.82. The molecule has 94 valence electrons. The molecule has 3 N–H and O–H groups in total. The van der Waals surface area contributed by atoms with Crippen molar-refractivity contribution in [3.05, 3.63) is 54.0 Å². The average molecular weight is 244 g/mol. The van der Waals surface area contributed by atoms with E-state index in [9.17, 15) is 0 Å². The summed E-state index contributed by atoms with van der Waals surface area (Å²) in [5.74, 6) is 6.10. The zero-order valence-corrected chi connectivity index (χ0v) is 10.2. The molecule has 2 rings (SSSR count). The van der Waals surface area contributed by atoms with E-state index in [2.05, 4.69) is 15.4 Å². The fraction of sp³-hybridized carbons (Fsp3) is 0.231. The number of nitrogens with two attached hydrogens (primary N) is 1. The normalized spacial score (nSPS) is 12.1. The second-order valence-corrected chi connectivity index (χ2v) is 3.86. The highest BCUT2D eigenvalue weighted by molar-refractivity contribution is 5.24. The van der Waals surface area contributed by atoms with Gasteiger partial charge in [-0.15, -0.1) is 0 Å². The molecular weight excluding hydrogens is 228 g/mol. The second kappa shape index (κ2) is 6.09. The summed E-state index contributed by atoms with van der Waals surface area (Å²) in [6.07, 6.45) is 3.96. The van der Waals surface area contributed by atoms with Gasteiger partial charge in [0.2, 0.25) is 5.88 Å². The van der Waals surface area contributed by atoms with Gasteiger partial charge in [-0.2, -0.15) is 0 Å². The third-order valence-electron chi connectivity index (χ3n) is 2.70. The summed E-state index contributed by atoms with van der Waals surface area (Å²) >= 11 is 0. The van der Waals surface area contributed by atoms with Gasteiger partial charge in [0, 0.05) is 12.4 Å². The monoisotopic (exact) mass is 244 g/mol. The first-order chi connectivity index (χ1) is 8.85. The number of aromatic nitrogens is 2. The van der Waals surface area contributed by atoms with Gasteiger partial charge in [0.1, 0.15) is 5.69 Å². The Labute approximate surface area is 106 Å². The highest BCUT2D eigenvalue weighted by Crippen LogP contribution is 2.22.